The second kappa shape index (κ2) is 51.9. The summed E-state index contributed by atoms with van der Waals surface area (Å²) in [4.78, 5) is 105. The molecule has 0 radical (unpaired) electrons. The predicted molar refractivity (Wildman–Crippen MR) is 298 cm³/mol. The summed E-state index contributed by atoms with van der Waals surface area (Å²) in [5.41, 5.74) is 0. The van der Waals surface area contributed by atoms with Gasteiger partial charge in [0.05, 0.1) is 25.7 Å². The number of carboxylic acids is 3. The van der Waals surface area contributed by atoms with Crippen LogP contribution < -0.4 is 21.3 Å². The van der Waals surface area contributed by atoms with Gasteiger partial charge in [0.15, 0.2) is 5.78 Å². The number of rotatable bonds is 52. The van der Waals surface area contributed by atoms with Gasteiger partial charge in [-0.2, -0.15) is 0 Å². The van der Waals surface area contributed by atoms with Crippen LogP contribution in [-0.2, 0) is 62.1 Å². The fourth-order valence-corrected chi connectivity index (χ4v) is 8.96. The second-order valence-electron chi connectivity index (χ2n) is 20.7. The van der Waals surface area contributed by atoms with Crippen molar-refractivity contribution < 1.29 is 77.4 Å². The molecule has 0 bridgehead atoms. The minimum absolute atomic E-state index is 0.0225. The van der Waals surface area contributed by atoms with E-state index in [0.29, 0.717) is 90.3 Å². The zero-order chi connectivity index (χ0) is 57.9. The Morgan fingerprint density at radius 3 is 1.59 bits per heavy atom. The lowest BCUT2D eigenvalue weighted by molar-refractivity contribution is -0.145. The SMILES string of the molecule is CCCOCC(=O)CCCOCCOCC(=O)NC(CCCCNC(=O)CC)C(=O)O.COCCNC(=O)CCC(CC(=O)C1CCC(CNC(=O)CCCCCCCCCCCCCCCCCCC(=O)O)CC1)C(=O)O. The van der Waals surface area contributed by atoms with Gasteiger partial charge in [-0.1, -0.05) is 104 Å². The lowest BCUT2D eigenvalue weighted by Gasteiger charge is -2.28. The van der Waals surface area contributed by atoms with Gasteiger partial charge in [-0.25, -0.2) is 4.79 Å². The molecule has 452 valence electrons. The van der Waals surface area contributed by atoms with E-state index in [1.807, 2.05) is 6.92 Å². The molecule has 0 spiro atoms. The topological polar surface area (TPSA) is 299 Å². The zero-order valence-corrected chi connectivity index (χ0v) is 48.2. The number of ether oxygens (including phenoxy) is 4. The van der Waals surface area contributed by atoms with Gasteiger partial charge < -0.3 is 55.5 Å². The Hall–Kier alpha value is -4.53. The van der Waals surface area contributed by atoms with E-state index >= 15 is 0 Å². The van der Waals surface area contributed by atoms with E-state index < -0.39 is 35.8 Å². The van der Waals surface area contributed by atoms with Crippen LogP contribution in [0.3, 0.4) is 0 Å². The summed E-state index contributed by atoms with van der Waals surface area (Å²) >= 11 is 0. The highest BCUT2D eigenvalue weighted by Gasteiger charge is 2.30. The van der Waals surface area contributed by atoms with Crippen LogP contribution in [-0.4, -0.2) is 147 Å². The molecule has 78 heavy (non-hydrogen) atoms. The lowest BCUT2D eigenvalue weighted by atomic mass is 9.78. The average Bonchev–Trinajstić information content (AvgIpc) is 3.41. The Bertz CT molecular complexity index is 1630. The number of nitrogens with one attached hydrogen (secondary N) is 4. The van der Waals surface area contributed by atoms with Crippen LogP contribution in [0.2, 0.25) is 0 Å². The molecule has 2 unspecified atom stereocenters. The summed E-state index contributed by atoms with van der Waals surface area (Å²) < 4.78 is 20.6. The molecule has 1 rings (SSSR count). The highest BCUT2D eigenvalue weighted by molar-refractivity contribution is 5.86. The Kier molecular flexibility index (Phi) is 48.9. The van der Waals surface area contributed by atoms with Crippen molar-refractivity contribution in [3.63, 3.8) is 0 Å². The molecule has 1 fully saturated rings. The first kappa shape index (κ1) is 73.5. The minimum Gasteiger partial charge on any atom is -0.481 e. The van der Waals surface area contributed by atoms with E-state index in [-0.39, 0.29) is 87.3 Å². The van der Waals surface area contributed by atoms with Crippen molar-refractivity contribution in [2.24, 2.45) is 17.8 Å². The van der Waals surface area contributed by atoms with Crippen LogP contribution in [0.25, 0.3) is 0 Å². The standard InChI is InChI=1S/C37H66N2O8.C21H38N2O8/c1-47-27-26-38-35(42)25-24-32(37(45)46)28-33(40)31-22-20-30(21-23-31)29-39-34(41)18-16-14-12-10-8-6-4-2-3-5-7-9-11-13-15-17-19-36(43)44;1-3-11-30-15-17(24)8-7-12-29-13-14-31-16-20(26)23-18(21(27)28)9-5-6-10-22-19(25)4-2/h30-32H,2-29H2,1H3,(H,38,42)(H,39,41)(H,43,44)(H,45,46);18H,3-16H2,1-2H3,(H,22,25)(H,23,26)(H,27,28). The number of hydrogen-bond acceptors (Lipinski definition) is 13. The van der Waals surface area contributed by atoms with E-state index in [1.165, 1.54) is 70.6 Å². The largest absolute Gasteiger partial charge is 0.481 e. The molecule has 0 aliphatic heterocycles. The second-order valence-corrected chi connectivity index (χ2v) is 20.7. The van der Waals surface area contributed by atoms with Gasteiger partial charge in [0.25, 0.3) is 0 Å². The molecule has 1 saturated carbocycles. The summed E-state index contributed by atoms with van der Waals surface area (Å²) in [6.45, 7) is 6.98. The van der Waals surface area contributed by atoms with Gasteiger partial charge in [-0.05, 0) is 83.0 Å². The van der Waals surface area contributed by atoms with Gasteiger partial charge in [-0.15, -0.1) is 0 Å². The van der Waals surface area contributed by atoms with Gasteiger partial charge >= 0.3 is 17.9 Å². The first-order chi connectivity index (χ1) is 37.6. The van der Waals surface area contributed by atoms with Gasteiger partial charge in [0.1, 0.15) is 25.0 Å². The predicted octanol–water partition coefficient (Wildman–Crippen LogP) is 8.28. The molecule has 0 aromatic rings. The normalized spacial score (nSPS) is 14.8. The van der Waals surface area contributed by atoms with Gasteiger partial charge in [-0.3, -0.25) is 38.4 Å². The number of Topliss-reactive ketones (excluding diaryl/α,β-unsaturated/α-hetero) is 2. The molecule has 20 heteroatoms. The molecule has 20 nitrogen and oxygen atoms in total. The van der Waals surface area contributed by atoms with Crippen molar-refractivity contribution in [3.8, 4) is 0 Å². The molecule has 1 aliphatic carbocycles. The maximum Gasteiger partial charge on any atom is 0.326 e. The van der Waals surface area contributed by atoms with Crippen molar-refractivity contribution >= 4 is 53.1 Å². The Morgan fingerprint density at radius 1 is 0.487 bits per heavy atom. The van der Waals surface area contributed by atoms with E-state index in [4.69, 9.17) is 24.1 Å². The lowest BCUT2D eigenvalue weighted by Crippen LogP contribution is -2.42. The van der Waals surface area contributed by atoms with E-state index in [0.717, 1.165) is 64.2 Å². The van der Waals surface area contributed by atoms with E-state index in [2.05, 4.69) is 21.3 Å². The number of methoxy groups -OCH3 is 1. The van der Waals surface area contributed by atoms with Crippen molar-refractivity contribution in [1.29, 1.82) is 0 Å². The number of amides is 4. The Balaban J connectivity index is 0.00000166. The summed E-state index contributed by atoms with van der Waals surface area (Å²) in [7, 11) is 1.54. The monoisotopic (exact) mass is 1110 g/mol. The third-order valence-electron chi connectivity index (χ3n) is 13.7. The fraction of sp³-hybridized carbons (Fsp3) is 0.845. The number of carbonyl (C=O) groups is 9. The third kappa shape index (κ3) is 46.4. The van der Waals surface area contributed by atoms with E-state index in [1.54, 1.807) is 14.0 Å². The number of ketones is 2. The van der Waals surface area contributed by atoms with Crippen LogP contribution in [0.15, 0.2) is 0 Å². The third-order valence-corrected chi connectivity index (χ3v) is 13.7. The van der Waals surface area contributed by atoms with Crippen molar-refractivity contribution in [1.82, 2.24) is 21.3 Å². The number of hydrogen-bond donors (Lipinski definition) is 7. The Labute approximate surface area is 466 Å². The number of aliphatic carboxylic acids is 3. The number of carboxylic acid groups (broad SMARTS) is 3. The molecule has 0 heterocycles. The molecular weight excluding hydrogens is 1010 g/mol. The van der Waals surface area contributed by atoms with Crippen molar-refractivity contribution in [2.45, 2.75) is 225 Å². The highest BCUT2D eigenvalue weighted by atomic mass is 16.5. The summed E-state index contributed by atoms with van der Waals surface area (Å²) in [6.07, 6.45) is 27.0. The van der Waals surface area contributed by atoms with Crippen LogP contribution in [0.1, 0.15) is 219 Å². The maximum absolute atomic E-state index is 12.8. The van der Waals surface area contributed by atoms with Gasteiger partial charge in [0, 0.05) is 84.4 Å². The molecule has 1 aliphatic rings. The van der Waals surface area contributed by atoms with Crippen molar-refractivity contribution in [2.75, 3.05) is 73.0 Å². The van der Waals surface area contributed by atoms with Crippen LogP contribution >= 0.6 is 0 Å². The number of unbranched alkanes of at least 4 members (excludes halogenated alkanes) is 16. The average molecular weight is 1110 g/mol. The van der Waals surface area contributed by atoms with Crippen LogP contribution in [0.5, 0.6) is 0 Å². The highest BCUT2D eigenvalue weighted by Crippen LogP contribution is 2.31. The summed E-state index contributed by atoms with van der Waals surface area (Å²) in [6, 6.07) is -0.993. The molecule has 0 aromatic heterocycles. The molecule has 0 saturated heterocycles. The summed E-state index contributed by atoms with van der Waals surface area (Å²) in [5.74, 6) is -4.11. The first-order valence-corrected chi connectivity index (χ1v) is 29.7. The zero-order valence-electron chi connectivity index (χ0n) is 48.2. The molecule has 2 atom stereocenters. The summed E-state index contributed by atoms with van der Waals surface area (Å²) in [5, 5.41) is 38.3. The van der Waals surface area contributed by atoms with Crippen LogP contribution in [0.4, 0.5) is 0 Å². The number of carbonyl (C=O) groups excluding carboxylic acids is 6. The van der Waals surface area contributed by atoms with Crippen LogP contribution in [0, 0.1) is 17.8 Å². The molecule has 7 N–H and O–H groups in total. The van der Waals surface area contributed by atoms with E-state index in [9.17, 15) is 53.4 Å². The first-order valence-electron chi connectivity index (χ1n) is 29.7. The Morgan fingerprint density at radius 2 is 1.04 bits per heavy atom. The quantitative estimate of drug-likeness (QED) is 0.0282. The molecule has 0 aromatic carbocycles. The van der Waals surface area contributed by atoms with Gasteiger partial charge in [0.2, 0.25) is 23.6 Å². The molecule has 4 amide bonds. The maximum atomic E-state index is 12.8. The molecular formula is C58H104N4O16. The van der Waals surface area contributed by atoms with Crippen molar-refractivity contribution in [3.05, 3.63) is 0 Å². The fourth-order valence-electron chi connectivity index (χ4n) is 8.96. The smallest absolute Gasteiger partial charge is 0.326 e. The minimum atomic E-state index is -1.11.